The number of anilines is 1. The SMILES string of the molecule is CC1CC(C(=O)NC(Cc2ccc(Cl)cc2)C(=O)C2CC2)c2ccccc2N1. The van der Waals surface area contributed by atoms with Crippen molar-refractivity contribution >= 4 is 29.0 Å². The summed E-state index contributed by atoms with van der Waals surface area (Å²) in [5.74, 6) is -0.0589. The van der Waals surface area contributed by atoms with Crippen LogP contribution in [0.15, 0.2) is 48.5 Å². The number of fused-ring (bicyclic) bond motifs is 1. The van der Waals surface area contributed by atoms with E-state index in [1.807, 2.05) is 48.5 Å². The molecular formula is C23H25ClN2O2. The lowest BCUT2D eigenvalue weighted by Crippen LogP contribution is -2.46. The zero-order valence-corrected chi connectivity index (χ0v) is 16.7. The molecule has 4 rings (SSSR count). The molecule has 5 heteroatoms. The van der Waals surface area contributed by atoms with E-state index in [2.05, 4.69) is 17.6 Å². The van der Waals surface area contributed by atoms with Crippen LogP contribution in [0.5, 0.6) is 0 Å². The molecule has 3 unspecified atom stereocenters. The van der Waals surface area contributed by atoms with E-state index in [4.69, 9.17) is 11.6 Å². The van der Waals surface area contributed by atoms with Gasteiger partial charge in [-0.2, -0.15) is 0 Å². The van der Waals surface area contributed by atoms with Gasteiger partial charge in [-0.15, -0.1) is 0 Å². The number of benzene rings is 2. The number of hydrogen-bond acceptors (Lipinski definition) is 3. The maximum absolute atomic E-state index is 13.2. The number of halogens is 1. The second-order valence-corrected chi connectivity index (χ2v) is 8.43. The Morgan fingerprint density at radius 2 is 1.86 bits per heavy atom. The first-order valence-electron chi connectivity index (χ1n) is 9.95. The predicted octanol–water partition coefficient (Wildman–Crippen LogP) is 4.33. The molecule has 2 aromatic carbocycles. The van der Waals surface area contributed by atoms with Gasteiger partial charge in [0.05, 0.1) is 12.0 Å². The van der Waals surface area contributed by atoms with Crippen molar-refractivity contribution in [2.75, 3.05) is 5.32 Å². The monoisotopic (exact) mass is 396 g/mol. The molecule has 0 aromatic heterocycles. The Morgan fingerprint density at radius 3 is 2.57 bits per heavy atom. The Bertz CT molecular complexity index is 876. The van der Waals surface area contributed by atoms with Gasteiger partial charge in [0.2, 0.25) is 5.91 Å². The number of carbonyl (C=O) groups excluding carboxylic acids is 2. The first-order chi connectivity index (χ1) is 13.5. The van der Waals surface area contributed by atoms with E-state index in [9.17, 15) is 9.59 Å². The van der Waals surface area contributed by atoms with Crippen molar-refractivity contribution in [3.63, 3.8) is 0 Å². The number of nitrogens with one attached hydrogen (secondary N) is 2. The maximum Gasteiger partial charge on any atom is 0.228 e. The Morgan fingerprint density at radius 1 is 1.14 bits per heavy atom. The lowest BCUT2D eigenvalue weighted by Gasteiger charge is -2.31. The number of ketones is 1. The summed E-state index contributed by atoms with van der Waals surface area (Å²) in [7, 11) is 0. The van der Waals surface area contributed by atoms with Crippen LogP contribution in [0.25, 0.3) is 0 Å². The minimum absolute atomic E-state index is 0.0613. The summed E-state index contributed by atoms with van der Waals surface area (Å²) in [6, 6.07) is 15.1. The molecule has 2 N–H and O–H groups in total. The molecule has 2 aliphatic rings. The molecule has 3 atom stereocenters. The standard InChI is InChI=1S/C23H25ClN2O2/c1-14-12-19(18-4-2-3-5-20(18)25-14)23(28)26-21(22(27)16-8-9-16)13-15-6-10-17(24)11-7-15/h2-7,10-11,14,16,19,21,25H,8-9,12-13H2,1H3,(H,26,28). The van der Waals surface area contributed by atoms with E-state index in [-0.39, 0.29) is 29.6 Å². The second kappa shape index (κ2) is 7.96. The first-order valence-corrected chi connectivity index (χ1v) is 10.3. The van der Waals surface area contributed by atoms with Crippen LogP contribution in [-0.4, -0.2) is 23.8 Å². The molecule has 146 valence electrons. The van der Waals surface area contributed by atoms with Gasteiger partial charge in [-0.05, 0) is 61.9 Å². The third-order valence-corrected chi connectivity index (χ3v) is 5.89. The van der Waals surface area contributed by atoms with Crippen LogP contribution in [0.2, 0.25) is 5.02 Å². The van der Waals surface area contributed by atoms with E-state index >= 15 is 0 Å². The van der Waals surface area contributed by atoms with Crippen molar-refractivity contribution in [1.29, 1.82) is 0 Å². The van der Waals surface area contributed by atoms with Crippen LogP contribution in [0.1, 0.15) is 43.2 Å². The normalized spacial score (nSPS) is 21.9. The van der Waals surface area contributed by atoms with Gasteiger partial charge in [-0.25, -0.2) is 0 Å². The number of carbonyl (C=O) groups is 2. The zero-order valence-electron chi connectivity index (χ0n) is 16.0. The summed E-state index contributed by atoms with van der Waals surface area (Å²) < 4.78 is 0. The molecule has 1 aliphatic heterocycles. The van der Waals surface area contributed by atoms with E-state index in [1.54, 1.807) is 0 Å². The molecule has 0 spiro atoms. The van der Waals surface area contributed by atoms with Crippen LogP contribution >= 0.6 is 11.6 Å². The van der Waals surface area contributed by atoms with E-state index < -0.39 is 6.04 Å². The summed E-state index contributed by atoms with van der Waals surface area (Å²) in [5, 5.41) is 7.18. The average molecular weight is 397 g/mol. The van der Waals surface area contributed by atoms with Gasteiger partial charge in [0.1, 0.15) is 0 Å². The Kier molecular flexibility index (Phi) is 5.40. The number of amides is 1. The molecule has 0 radical (unpaired) electrons. The molecule has 1 heterocycles. The molecule has 0 bridgehead atoms. The number of hydrogen-bond donors (Lipinski definition) is 2. The highest BCUT2D eigenvalue weighted by Gasteiger charge is 2.37. The lowest BCUT2D eigenvalue weighted by molar-refractivity contribution is -0.129. The molecule has 28 heavy (non-hydrogen) atoms. The third-order valence-electron chi connectivity index (χ3n) is 5.64. The Labute approximate surface area is 170 Å². The van der Waals surface area contributed by atoms with Gasteiger partial charge < -0.3 is 10.6 Å². The van der Waals surface area contributed by atoms with Crippen LogP contribution in [0.3, 0.4) is 0 Å². The molecule has 1 aliphatic carbocycles. The molecular weight excluding hydrogens is 372 g/mol. The minimum atomic E-state index is -0.487. The van der Waals surface area contributed by atoms with Gasteiger partial charge in [0.25, 0.3) is 0 Å². The zero-order chi connectivity index (χ0) is 19.7. The van der Waals surface area contributed by atoms with Crippen LogP contribution in [0, 0.1) is 5.92 Å². The molecule has 1 fully saturated rings. The number of rotatable bonds is 6. The van der Waals surface area contributed by atoms with Gasteiger partial charge in [-0.1, -0.05) is 41.9 Å². The van der Waals surface area contributed by atoms with Crippen molar-refractivity contribution in [3.05, 3.63) is 64.7 Å². The molecule has 2 aromatic rings. The van der Waals surface area contributed by atoms with E-state index in [0.29, 0.717) is 17.9 Å². The fourth-order valence-corrected chi connectivity index (χ4v) is 4.12. The molecule has 0 saturated heterocycles. The highest BCUT2D eigenvalue weighted by Crippen LogP contribution is 2.35. The molecule has 1 saturated carbocycles. The smallest absolute Gasteiger partial charge is 0.228 e. The van der Waals surface area contributed by atoms with E-state index in [1.165, 1.54) is 0 Å². The van der Waals surface area contributed by atoms with Gasteiger partial charge >= 0.3 is 0 Å². The first kappa shape index (κ1) is 19.0. The highest BCUT2D eigenvalue weighted by molar-refractivity contribution is 6.30. The number of Topliss-reactive ketones (excluding diaryl/α,β-unsaturated/α-hetero) is 1. The van der Waals surface area contributed by atoms with Crippen molar-refractivity contribution in [3.8, 4) is 0 Å². The average Bonchev–Trinajstić information content (AvgIpc) is 3.53. The fourth-order valence-electron chi connectivity index (χ4n) is 3.99. The summed E-state index contributed by atoms with van der Waals surface area (Å²) in [6.45, 7) is 2.08. The summed E-state index contributed by atoms with van der Waals surface area (Å²) in [4.78, 5) is 26.0. The van der Waals surface area contributed by atoms with Crippen molar-refractivity contribution < 1.29 is 9.59 Å². The van der Waals surface area contributed by atoms with Crippen LogP contribution in [-0.2, 0) is 16.0 Å². The Balaban J connectivity index is 1.53. The van der Waals surface area contributed by atoms with Crippen LogP contribution < -0.4 is 10.6 Å². The second-order valence-electron chi connectivity index (χ2n) is 7.99. The highest BCUT2D eigenvalue weighted by atomic mass is 35.5. The predicted molar refractivity (Wildman–Crippen MR) is 112 cm³/mol. The fraction of sp³-hybridized carbons (Fsp3) is 0.391. The van der Waals surface area contributed by atoms with Crippen molar-refractivity contribution in [2.45, 2.75) is 50.6 Å². The van der Waals surface area contributed by atoms with Crippen LogP contribution in [0.4, 0.5) is 5.69 Å². The summed E-state index contributed by atoms with van der Waals surface area (Å²) in [6.07, 6.45) is 3.08. The molecule has 4 nitrogen and oxygen atoms in total. The number of para-hydroxylation sites is 1. The van der Waals surface area contributed by atoms with Gasteiger partial charge in [0, 0.05) is 22.7 Å². The van der Waals surface area contributed by atoms with E-state index in [0.717, 1.165) is 29.7 Å². The topological polar surface area (TPSA) is 58.2 Å². The summed E-state index contributed by atoms with van der Waals surface area (Å²) >= 11 is 5.98. The maximum atomic E-state index is 13.2. The largest absolute Gasteiger partial charge is 0.382 e. The molecule has 1 amide bonds. The Hall–Kier alpha value is -2.33. The van der Waals surface area contributed by atoms with Crippen molar-refractivity contribution in [1.82, 2.24) is 5.32 Å². The summed E-state index contributed by atoms with van der Waals surface area (Å²) in [5.41, 5.74) is 3.01. The lowest BCUT2D eigenvalue weighted by atomic mass is 9.86. The van der Waals surface area contributed by atoms with Crippen molar-refractivity contribution in [2.24, 2.45) is 5.92 Å². The third kappa shape index (κ3) is 4.22. The quantitative estimate of drug-likeness (QED) is 0.763. The van der Waals surface area contributed by atoms with Gasteiger partial charge in [0.15, 0.2) is 5.78 Å². The van der Waals surface area contributed by atoms with Gasteiger partial charge in [-0.3, -0.25) is 9.59 Å². The minimum Gasteiger partial charge on any atom is -0.382 e.